The second-order valence-electron chi connectivity index (χ2n) is 10.5. The standard InChI is InChI=1S/C26H33FN2O/c1-25-13-11-20(30)15-18(25)5-8-21-22-9-10-24(26(22,2)14-12-23(21)25)29-28-16-17-3-6-19(27)7-4-17/h3-7,16,20-23,30H,8-15H2,1-2H3/b28-16-,29-24-/t20-,21-,22-,23+,25-,26-/m0/s1. The normalized spacial score (nSPS) is 42.0. The largest absolute Gasteiger partial charge is 0.393 e. The summed E-state index contributed by atoms with van der Waals surface area (Å²) in [7, 11) is 0. The molecule has 30 heavy (non-hydrogen) atoms. The number of benzene rings is 1. The van der Waals surface area contributed by atoms with Gasteiger partial charge in [-0.15, -0.1) is 0 Å². The number of allylic oxidation sites excluding steroid dienone is 1. The van der Waals surface area contributed by atoms with E-state index in [0.29, 0.717) is 5.92 Å². The van der Waals surface area contributed by atoms with Gasteiger partial charge >= 0.3 is 0 Å². The highest BCUT2D eigenvalue weighted by atomic mass is 19.1. The predicted octanol–water partition coefficient (Wildman–Crippen LogP) is 5.92. The van der Waals surface area contributed by atoms with Crippen LogP contribution in [-0.4, -0.2) is 23.1 Å². The maximum atomic E-state index is 13.1. The lowest BCUT2D eigenvalue weighted by Crippen LogP contribution is -2.50. The average molecular weight is 409 g/mol. The molecule has 0 amide bonds. The van der Waals surface area contributed by atoms with E-state index in [1.807, 2.05) is 0 Å². The van der Waals surface area contributed by atoms with Gasteiger partial charge in [0.1, 0.15) is 5.82 Å². The zero-order valence-corrected chi connectivity index (χ0v) is 18.1. The van der Waals surface area contributed by atoms with Crippen LogP contribution in [0.25, 0.3) is 0 Å². The lowest BCUT2D eigenvalue weighted by atomic mass is 9.48. The van der Waals surface area contributed by atoms with Crippen molar-refractivity contribution >= 4 is 11.9 Å². The molecule has 0 unspecified atom stereocenters. The molecular formula is C26H33FN2O. The minimum absolute atomic E-state index is 0.140. The molecule has 0 bridgehead atoms. The number of rotatable bonds is 2. The summed E-state index contributed by atoms with van der Waals surface area (Å²) in [6.07, 6.45) is 12.9. The van der Waals surface area contributed by atoms with Crippen molar-refractivity contribution in [3.8, 4) is 0 Å². The summed E-state index contributed by atoms with van der Waals surface area (Å²) in [5.74, 6) is 1.91. The maximum absolute atomic E-state index is 13.1. The van der Waals surface area contributed by atoms with Crippen LogP contribution in [0.4, 0.5) is 4.39 Å². The van der Waals surface area contributed by atoms with Gasteiger partial charge in [0.05, 0.1) is 12.3 Å². The van der Waals surface area contributed by atoms with Crippen LogP contribution in [0.3, 0.4) is 0 Å². The van der Waals surface area contributed by atoms with Gasteiger partial charge in [-0.1, -0.05) is 37.6 Å². The fraction of sp³-hybridized carbons (Fsp3) is 0.615. The Kier molecular flexibility index (Phi) is 4.96. The molecule has 4 aliphatic rings. The maximum Gasteiger partial charge on any atom is 0.123 e. The van der Waals surface area contributed by atoms with Crippen molar-refractivity contribution in [2.45, 2.75) is 71.3 Å². The van der Waals surface area contributed by atoms with Crippen molar-refractivity contribution < 1.29 is 9.50 Å². The van der Waals surface area contributed by atoms with Crippen LogP contribution in [0.5, 0.6) is 0 Å². The van der Waals surface area contributed by atoms with Gasteiger partial charge in [0.15, 0.2) is 0 Å². The summed E-state index contributed by atoms with van der Waals surface area (Å²) in [5.41, 5.74) is 4.09. The van der Waals surface area contributed by atoms with Gasteiger partial charge in [-0.25, -0.2) is 4.39 Å². The van der Waals surface area contributed by atoms with E-state index in [1.54, 1.807) is 18.3 Å². The van der Waals surface area contributed by atoms with Crippen molar-refractivity contribution in [1.29, 1.82) is 0 Å². The fourth-order valence-electron chi connectivity index (χ4n) is 7.31. The Morgan fingerprint density at radius 3 is 2.57 bits per heavy atom. The molecule has 0 saturated heterocycles. The Labute approximate surface area is 179 Å². The quantitative estimate of drug-likeness (QED) is 0.368. The zero-order valence-electron chi connectivity index (χ0n) is 18.1. The fourth-order valence-corrected chi connectivity index (χ4v) is 7.31. The molecule has 3 nitrogen and oxygen atoms in total. The van der Waals surface area contributed by atoms with Gasteiger partial charge in [-0.2, -0.15) is 10.2 Å². The highest BCUT2D eigenvalue weighted by Crippen LogP contribution is 2.64. The minimum Gasteiger partial charge on any atom is -0.393 e. The molecule has 4 aliphatic carbocycles. The zero-order chi connectivity index (χ0) is 20.9. The lowest BCUT2D eigenvalue weighted by Gasteiger charge is -2.57. The van der Waals surface area contributed by atoms with E-state index in [-0.39, 0.29) is 22.8 Å². The number of nitrogens with zero attached hydrogens (tertiary/aromatic N) is 2. The number of hydrogen-bond acceptors (Lipinski definition) is 3. The monoisotopic (exact) mass is 408 g/mol. The summed E-state index contributed by atoms with van der Waals surface area (Å²) in [6, 6.07) is 6.38. The summed E-state index contributed by atoms with van der Waals surface area (Å²) in [6.45, 7) is 4.89. The van der Waals surface area contributed by atoms with Crippen LogP contribution in [0.1, 0.15) is 70.8 Å². The van der Waals surface area contributed by atoms with Crippen LogP contribution in [0.2, 0.25) is 0 Å². The molecule has 0 aromatic heterocycles. The van der Waals surface area contributed by atoms with Crippen LogP contribution in [0, 0.1) is 34.4 Å². The van der Waals surface area contributed by atoms with E-state index in [1.165, 1.54) is 42.7 Å². The summed E-state index contributed by atoms with van der Waals surface area (Å²) >= 11 is 0. The molecule has 1 aromatic carbocycles. The summed E-state index contributed by atoms with van der Waals surface area (Å²) < 4.78 is 13.1. The molecular weight excluding hydrogens is 375 g/mol. The highest BCUT2D eigenvalue weighted by molar-refractivity contribution is 5.93. The molecule has 3 fully saturated rings. The molecule has 1 aromatic rings. The van der Waals surface area contributed by atoms with Gasteiger partial charge in [-0.3, -0.25) is 0 Å². The first-order valence-corrected chi connectivity index (χ1v) is 11.6. The van der Waals surface area contributed by atoms with E-state index >= 15 is 0 Å². The highest BCUT2D eigenvalue weighted by Gasteiger charge is 2.57. The van der Waals surface area contributed by atoms with Gasteiger partial charge < -0.3 is 5.11 Å². The third-order valence-corrected chi connectivity index (χ3v) is 9.07. The third-order valence-electron chi connectivity index (χ3n) is 9.07. The van der Waals surface area contributed by atoms with Crippen molar-refractivity contribution in [2.75, 3.05) is 0 Å². The molecule has 160 valence electrons. The molecule has 4 heteroatoms. The van der Waals surface area contributed by atoms with Crippen LogP contribution < -0.4 is 0 Å². The Hall–Kier alpha value is -1.81. The number of aliphatic hydroxyl groups excluding tert-OH is 1. The van der Waals surface area contributed by atoms with Gasteiger partial charge in [0.2, 0.25) is 0 Å². The summed E-state index contributed by atoms with van der Waals surface area (Å²) in [4.78, 5) is 0. The Morgan fingerprint density at radius 2 is 1.77 bits per heavy atom. The van der Waals surface area contributed by atoms with Crippen molar-refractivity contribution in [3.05, 3.63) is 47.3 Å². The average Bonchev–Trinajstić information content (AvgIpc) is 3.06. The second kappa shape index (κ2) is 7.40. The smallest absolute Gasteiger partial charge is 0.123 e. The topological polar surface area (TPSA) is 45.0 Å². The Balaban J connectivity index is 1.37. The first-order valence-electron chi connectivity index (χ1n) is 11.6. The SMILES string of the molecule is C[C@]12CC[C@H](O)CC1=CC[C@@H]1[C@H]2CC[C@]2(C)/C(=N\N=C/c3ccc(F)cc3)CC[C@@H]12. The van der Waals surface area contributed by atoms with Crippen molar-refractivity contribution in [3.63, 3.8) is 0 Å². The first kappa shape index (κ1) is 20.1. The molecule has 3 saturated carbocycles. The molecule has 0 radical (unpaired) electrons. The lowest BCUT2D eigenvalue weighted by molar-refractivity contribution is -0.0209. The number of fused-ring (bicyclic) bond motifs is 5. The van der Waals surface area contributed by atoms with Crippen LogP contribution in [0.15, 0.2) is 46.1 Å². The van der Waals surface area contributed by atoms with E-state index < -0.39 is 0 Å². The van der Waals surface area contributed by atoms with Crippen molar-refractivity contribution in [2.24, 2.45) is 38.8 Å². The third kappa shape index (κ3) is 3.19. The van der Waals surface area contributed by atoms with E-state index in [0.717, 1.165) is 49.5 Å². The molecule has 0 heterocycles. The Bertz CT molecular complexity index is 904. The second-order valence-corrected chi connectivity index (χ2v) is 10.5. The van der Waals surface area contributed by atoms with Gasteiger partial charge in [-0.05, 0) is 92.2 Å². The number of aliphatic hydroxyl groups is 1. The van der Waals surface area contributed by atoms with Gasteiger partial charge in [0, 0.05) is 11.1 Å². The summed E-state index contributed by atoms with van der Waals surface area (Å²) in [5, 5.41) is 19.2. The molecule has 1 N–H and O–H groups in total. The molecule has 0 spiro atoms. The van der Waals surface area contributed by atoms with Crippen molar-refractivity contribution in [1.82, 2.24) is 0 Å². The van der Waals surface area contributed by atoms with Crippen LogP contribution >= 0.6 is 0 Å². The number of halogens is 1. The Morgan fingerprint density at radius 1 is 1.03 bits per heavy atom. The molecule has 5 rings (SSSR count). The van der Waals surface area contributed by atoms with Crippen LogP contribution in [-0.2, 0) is 0 Å². The minimum atomic E-state index is -0.229. The van der Waals surface area contributed by atoms with E-state index in [4.69, 9.17) is 0 Å². The van der Waals surface area contributed by atoms with E-state index in [2.05, 4.69) is 30.1 Å². The van der Waals surface area contributed by atoms with Gasteiger partial charge in [0.25, 0.3) is 0 Å². The first-order chi connectivity index (χ1) is 14.4. The molecule has 6 atom stereocenters. The number of hydrogen-bond donors (Lipinski definition) is 1. The van der Waals surface area contributed by atoms with E-state index in [9.17, 15) is 9.50 Å². The molecule has 0 aliphatic heterocycles. The predicted molar refractivity (Wildman–Crippen MR) is 119 cm³/mol.